The van der Waals surface area contributed by atoms with E-state index < -0.39 is 17.7 Å². The highest BCUT2D eigenvalue weighted by molar-refractivity contribution is 6.46. The standard InChI is InChI=1S/C25H22ClNO6/c1-14-4-10-20(33-14)22-21(23(28)18-12-16(26)7-11-19(18)32-3)24(29)25(30)27(22)13-15-5-8-17(31-2)9-6-15/h4-12,22,28H,13H2,1-3H3/b23-21+. The van der Waals surface area contributed by atoms with Crippen LogP contribution in [0.15, 0.2) is 64.6 Å². The Hall–Kier alpha value is -3.71. The van der Waals surface area contributed by atoms with E-state index in [1.54, 1.807) is 50.4 Å². The van der Waals surface area contributed by atoms with Gasteiger partial charge in [-0.2, -0.15) is 0 Å². The van der Waals surface area contributed by atoms with Crippen molar-refractivity contribution < 1.29 is 28.6 Å². The maximum atomic E-state index is 13.2. The second-order valence-electron chi connectivity index (χ2n) is 7.57. The molecule has 1 fully saturated rings. The lowest BCUT2D eigenvalue weighted by molar-refractivity contribution is -0.140. The third-order valence-corrected chi connectivity index (χ3v) is 5.73. The lowest BCUT2D eigenvalue weighted by atomic mass is 9.98. The van der Waals surface area contributed by atoms with Crippen molar-refractivity contribution in [2.24, 2.45) is 0 Å². The summed E-state index contributed by atoms with van der Waals surface area (Å²) in [5, 5.41) is 11.6. The van der Waals surface area contributed by atoms with E-state index in [9.17, 15) is 14.7 Å². The molecule has 7 nitrogen and oxygen atoms in total. The minimum Gasteiger partial charge on any atom is -0.507 e. The third-order valence-electron chi connectivity index (χ3n) is 5.50. The number of nitrogens with zero attached hydrogens (tertiary/aromatic N) is 1. The number of likely N-dealkylation sites (tertiary alicyclic amines) is 1. The normalized spacial score (nSPS) is 17.5. The van der Waals surface area contributed by atoms with Gasteiger partial charge >= 0.3 is 0 Å². The number of ether oxygens (including phenoxy) is 2. The first kappa shape index (κ1) is 22.5. The Morgan fingerprint density at radius 2 is 1.79 bits per heavy atom. The molecule has 0 bridgehead atoms. The number of methoxy groups -OCH3 is 2. The number of carbonyl (C=O) groups excluding carboxylic acids is 2. The maximum Gasteiger partial charge on any atom is 0.296 e. The number of hydrogen-bond donors (Lipinski definition) is 1. The van der Waals surface area contributed by atoms with Crippen molar-refractivity contribution >= 4 is 29.1 Å². The fourth-order valence-electron chi connectivity index (χ4n) is 3.88. The second-order valence-corrected chi connectivity index (χ2v) is 8.00. The van der Waals surface area contributed by atoms with E-state index in [1.165, 1.54) is 18.1 Å². The van der Waals surface area contributed by atoms with Crippen LogP contribution in [0.3, 0.4) is 0 Å². The fourth-order valence-corrected chi connectivity index (χ4v) is 4.05. The average Bonchev–Trinajstić information content (AvgIpc) is 3.35. The Kier molecular flexibility index (Phi) is 6.16. The number of amides is 1. The lowest BCUT2D eigenvalue weighted by Gasteiger charge is -2.23. The third kappa shape index (κ3) is 4.19. The predicted octanol–water partition coefficient (Wildman–Crippen LogP) is 4.88. The zero-order valence-electron chi connectivity index (χ0n) is 18.3. The first-order valence-electron chi connectivity index (χ1n) is 10.2. The molecule has 1 amide bonds. The molecule has 0 saturated carbocycles. The van der Waals surface area contributed by atoms with Gasteiger partial charge in [0.05, 0.1) is 25.4 Å². The van der Waals surface area contributed by atoms with Gasteiger partial charge in [0.25, 0.3) is 11.7 Å². The molecule has 1 N–H and O–H groups in total. The van der Waals surface area contributed by atoms with Crippen molar-refractivity contribution in [3.8, 4) is 11.5 Å². The summed E-state index contributed by atoms with van der Waals surface area (Å²) in [7, 11) is 3.01. The molecule has 1 aromatic heterocycles. The van der Waals surface area contributed by atoms with E-state index in [1.807, 2.05) is 12.1 Å². The number of aliphatic hydroxyl groups is 1. The number of ketones is 1. The molecule has 2 aromatic carbocycles. The SMILES string of the molecule is COc1ccc(CN2C(=O)C(=O)/C(=C(/O)c3cc(Cl)ccc3OC)C2c2ccc(C)o2)cc1. The highest BCUT2D eigenvalue weighted by atomic mass is 35.5. The molecule has 1 atom stereocenters. The van der Waals surface area contributed by atoms with Gasteiger partial charge in [0, 0.05) is 11.6 Å². The Morgan fingerprint density at radius 3 is 2.39 bits per heavy atom. The van der Waals surface area contributed by atoms with E-state index in [0.29, 0.717) is 28.0 Å². The molecule has 0 radical (unpaired) electrons. The molecule has 8 heteroatoms. The Bertz CT molecular complexity index is 1240. The molecule has 170 valence electrons. The smallest absolute Gasteiger partial charge is 0.296 e. The summed E-state index contributed by atoms with van der Waals surface area (Å²) in [5.41, 5.74) is 0.899. The van der Waals surface area contributed by atoms with E-state index in [4.69, 9.17) is 25.5 Å². The molecule has 2 heterocycles. The van der Waals surface area contributed by atoms with Gasteiger partial charge in [-0.1, -0.05) is 23.7 Å². The van der Waals surface area contributed by atoms with Gasteiger partial charge in [-0.3, -0.25) is 9.59 Å². The van der Waals surface area contributed by atoms with Crippen LogP contribution in [0, 0.1) is 6.92 Å². The van der Waals surface area contributed by atoms with Gasteiger partial charge in [-0.05, 0) is 55.0 Å². The van der Waals surface area contributed by atoms with Crippen molar-refractivity contribution in [3.05, 3.63) is 87.8 Å². The van der Waals surface area contributed by atoms with Crippen LogP contribution in [0.4, 0.5) is 0 Å². The van der Waals surface area contributed by atoms with Gasteiger partial charge in [0.2, 0.25) is 0 Å². The summed E-state index contributed by atoms with van der Waals surface area (Å²) in [5.74, 6) is 0.0151. The van der Waals surface area contributed by atoms with Gasteiger partial charge in [0.15, 0.2) is 0 Å². The summed E-state index contributed by atoms with van der Waals surface area (Å²) in [6.45, 7) is 1.89. The van der Waals surface area contributed by atoms with Crippen molar-refractivity contribution in [1.29, 1.82) is 0 Å². The molecule has 1 saturated heterocycles. The number of aliphatic hydroxyl groups excluding tert-OH is 1. The molecule has 1 unspecified atom stereocenters. The average molecular weight is 468 g/mol. The first-order chi connectivity index (χ1) is 15.8. The zero-order valence-corrected chi connectivity index (χ0v) is 19.1. The van der Waals surface area contributed by atoms with Crippen molar-refractivity contribution in [2.45, 2.75) is 19.5 Å². The monoisotopic (exact) mass is 467 g/mol. The molecule has 0 aliphatic carbocycles. The minimum absolute atomic E-state index is 0.0940. The molecular weight excluding hydrogens is 446 g/mol. The van der Waals surface area contributed by atoms with Crippen LogP contribution in [0.1, 0.15) is 28.7 Å². The number of halogens is 1. The summed E-state index contributed by atoms with van der Waals surface area (Å²) in [6.07, 6.45) is 0. The first-order valence-corrected chi connectivity index (χ1v) is 10.5. The van der Waals surface area contributed by atoms with E-state index in [0.717, 1.165) is 5.56 Å². The predicted molar refractivity (Wildman–Crippen MR) is 122 cm³/mol. The number of rotatable bonds is 6. The van der Waals surface area contributed by atoms with Crippen LogP contribution in [0.5, 0.6) is 11.5 Å². The molecular formula is C25H22ClNO6. The summed E-state index contributed by atoms with van der Waals surface area (Å²) in [4.78, 5) is 27.6. The Balaban J connectivity index is 1.85. The van der Waals surface area contributed by atoms with Crippen LogP contribution in [-0.4, -0.2) is 35.9 Å². The van der Waals surface area contributed by atoms with Crippen LogP contribution in [0.25, 0.3) is 5.76 Å². The Morgan fingerprint density at radius 1 is 1.06 bits per heavy atom. The van der Waals surface area contributed by atoms with Crippen molar-refractivity contribution in [2.75, 3.05) is 14.2 Å². The van der Waals surface area contributed by atoms with Crippen LogP contribution < -0.4 is 9.47 Å². The van der Waals surface area contributed by atoms with E-state index in [2.05, 4.69) is 0 Å². The fraction of sp³-hybridized carbons (Fsp3) is 0.200. The van der Waals surface area contributed by atoms with Crippen LogP contribution in [-0.2, 0) is 16.1 Å². The summed E-state index contributed by atoms with van der Waals surface area (Å²) >= 11 is 6.13. The molecule has 1 aliphatic heterocycles. The second kappa shape index (κ2) is 9.03. The zero-order chi connectivity index (χ0) is 23.7. The van der Waals surface area contributed by atoms with E-state index in [-0.39, 0.29) is 23.4 Å². The number of carbonyl (C=O) groups is 2. The maximum absolute atomic E-state index is 13.2. The molecule has 33 heavy (non-hydrogen) atoms. The van der Waals surface area contributed by atoms with Crippen molar-refractivity contribution in [1.82, 2.24) is 4.90 Å². The number of hydrogen-bond acceptors (Lipinski definition) is 6. The highest BCUT2D eigenvalue weighted by Crippen LogP contribution is 2.42. The summed E-state index contributed by atoms with van der Waals surface area (Å²) in [6, 6.07) is 14.3. The topological polar surface area (TPSA) is 89.2 Å². The number of Topliss-reactive ketones (excluding diaryl/α,β-unsaturated/α-hetero) is 1. The van der Waals surface area contributed by atoms with Crippen molar-refractivity contribution in [3.63, 3.8) is 0 Å². The molecule has 0 spiro atoms. The molecule has 1 aliphatic rings. The molecule has 4 rings (SSSR count). The van der Waals surface area contributed by atoms with Gasteiger partial charge in [-0.15, -0.1) is 0 Å². The lowest BCUT2D eigenvalue weighted by Crippen LogP contribution is -2.29. The molecule has 3 aromatic rings. The van der Waals surface area contributed by atoms with Gasteiger partial charge in [0.1, 0.15) is 34.8 Å². The quantitative estimate of drug-likeness (QED) is 0.316. The van der Waals surface area contributed by atoms with Crippen LogP contribution >= 0.6 is 11.6 Å². The minimum atomic E-state index is -0.926. The number of furan rings is 1. The largest absolute Gasteiger partial charge is 0.507 e. The van der Waals surface area contributed by atoms with Crippen LogP contribution in [0.2, 0.25) is 5.02 Å². The summed E-state index contributed by atoms with van der Waals surface area (Å²) < 4.78 is 16.3. The number of benzene rings is 2. The number of aryl methyl sites for hydroxylation is 1. The van der Waals surface area contributed by atoms with Gasteiger partial charge < -0.3 is 23.9 Å². The van der Waals surface area contributed by atoms with E-state index >= 15 is 0 Å². The Labute approximate surface area is 195 Å². The van der Waals surface area contributed by atoms with Gasteiger partial charge in [-0.25, -0.2) is 0 Å². The highest BCUT2D eigenvalue weighted by Gasteiger charge is 2.47.